The summed E-state index contributed by atoms with van der Waals surface area (Å²) in [5, 5.41) is 1.15. The maximum Gasteiger partial charge on any atom is 0.252 e. The fourth-order valence-electron chi connectivity index (χ4n) is 2.71. The summed E-state index contributed by atoms with van der Waals surface area (Å²) in [5.41, 5.74) is 1.46. The minimum atomic E-state index is -0.313. The van der Waals surface area contributed by atoms with Crippen LogP contribution in [0, 0.1) is 5.82 Å². The largest absolute Gasteiger partial charge is 0.309 e. The van der Waals surface area contributed by atoms with Gasteiger partial charge in [0.15, 0.2) is 5.13 Å². The number of thiazole rings is 1. The molecule has 1 heterocycles. The zero-order valence-electron chi connectivity index (χ0n) is 15.7. The van der Waals surface area contributed by atoms with E-state index in [0.717, 1.165) is 23.2 Å². The maximum atomic E-state index is 13.5. The van der Waals surface area contributed by atoms with Crippen molar-refractivity contribution in [2.75, 3.05) is 32.1 Å². The normalized spacial score (nSPS) is 11.6. The highest BCUT2D eigenvalue weighted by Gasteiger charge is 2.18. The summed E-state index contributed by atoms with van der Waals surface area (Å²) in [5.74, 6) is -0.495. The number of benzene rings is 2. The fourth-order valence-corrected chi connectivity index (χ4v) is 3.93. The Bertz CT molecular complexity index is 1000. The van der Waals surface area contributed by atoms with Gasteiger partial charge in [0.05, 0.1) is 10.2 Å². The lowest BCUT2D eigenvalue weighted by atomic mass is 10.2. The zero-order chi connectivity index (χ0) is 20.1. The molecule has 0 aliphatic heterocycles. The van der Waals surface area contributed by atoms with Crippen LogP contribution < -0.4 is 4.90 Å². The van der Waals surface area contributed by atoms with E-state index in [2.05, 4.69) is 9.88 Å². The SMILES string of the molecule is CN(C)CCCN(C(=O)/C=C/c1ccccc1Cl)c1nc2ccc(F)cc2s1. The van der Waals surface area contributed by atoms with Crippen LogP contribution in [-0.2, 0) is 4.79 Å². The Labute approximate surface area is 172 Å². The van der Waals surface area contributed by atoms with E-state index in [0.29, 0.717) is 22.2 Å². The molecule has 3 aromatic rings. The summed E-state index contributed by atoms with van der Waals surface area (Å²) >= 11 is 7.48. The molecular weight excluding hydrogens is 397 g/mol. The molecule has 0 N–H and O–H groups in total. The predicted molar refractivity (Wildman–Crippen MR) is 116 cm³/mol. The monoisotopic (exact) mass is 417 g/mol. The Balaban J connectivity index is 1.86. The van der Waals surface area contributed by atoms with Crippen molar-refractivity contribution in [2.24, 2.45) is 0 Å². The van der Waals surface area contributed by atoms with E-state index >= 15 is 0 Å². The highest BCUT2D eigenvalue weighted by atomic mass is 35.5. The van der Waals surface area contributed by atoms with Crippen molar-refractivity contribution in [1.29, 1.82) is 0 Å². The van der Waals surface area contributed by atoms with Gasteiger partial charge >= 0.3 is 0 Å². The van der Waals surface area contributed by atoms with Crippen molar-refractivity contribution in [2.45, 2.75) is 6.42 Å². The van der Waals surface area contributed by atoms with Crippen LogP contribution in [0.1, 0.15) is 12.0 Å². The van der Waals surface area contributed by atoms with Crippen LogP contribution in [0.2, 0.25) is 5.02 Å². The number of halogens is 2. The maximum absolute atomic E-state index is 13.5. The van der Waals surface area contributed by atoms with E-state index in [9.17, 15) is 9.18 Å². The number of amides is 1. The number of rotatable bonds is 7. The number of fused-ring (bicyclic) bond motifs is 1. The van der Waals surface area contributed by atoms with Crippen LogP contribution in [0.15, 0.2) is 48.5 Å². The highest BCUT2D eigenvalue weighted by Crippen LogP contribution is 2.30. The van der Waals surface area contributed by atoms with Crippen molar-refractivity contribution in [1.82, 2.24) is 9.88 Å². The van der Waals surface area contributed by atoms with E-state index in [1.54, 1.807) is 23.1 Å². The van der Waals surface area contributed by atoms with Gasteiger partial charge in [-0.15, -0.1) is 0 Å². The molecule has 4 nitrogen and oxygen atoms in total. The molecule has 3 rings (SSSR count). The third-order valence-electron chi connectivity index (χ3n) is 4.13. The van der Waals surface area contributed by atoms with E-state index in [-0.39, 0.29) is 11.7 Å². The Morgan fingerprint density at radius 2 is 2.00 bits per heavy atom. The van der Waals surface area contributed by atoms with Gasteiger partial charge in [0.1, 0.15) is 5.82 Å². The van der Waals surface area contributed by atoms with Crippen molar-refractivity contribution in [3.8, 4) is 0 Å². The van der Waals surface area contributed by atoms with Crippen LogP contribution in [0.5, 0.6) is 0 Å². The number of hydrogen-bond donors (Lipinski definition) is 0. The number of carbonyl (C=O) groups excluding carboxylic acids is 1. The molecule has 0 aliphatic rings. The number of anilines is 1. The first-order chi connectivity index (χ1) is 13.4. The lowest BCUT2D eigenvalue weighted by Crippen LogP contribution is -2.32. The first-order valence-electron chi connectivity index (χ1n) is 8.89. The highest BCUT2D eigenvalue weighted by molar-refractivity contribution is 7.22. The van der Waals surface area contributed by atoms with E-state index < -0.39 is 0 Å². The third-order valence-corrected chi connectivity index (χ3v) is 5.52. The summed E-state index contributed by atoms with van der Waals surface area (Å²) in [6.07, 6.45) is 4.00. The molecule has 146 valence electrons. The molecule has 0 fully saturated rings. The Kier molecular flexibility index (Phi) is 6.78. The van der Waals surface area contributed by atoms with E-state index in [1.165, 1.54) is 29.5 Å². The molecule has 28 heavy (non-hydrogen) atoms. The summed E-state index contributed by atoms with van der Waals surface area (Å²) in [7, 11) is 3.98. The van der Waals surface area contributed by atoms with Crippen LogP contribution in [0.4, 0.5) is 9.52 Å². The molecule has 1 aromatic heterocycles. The van der Waals surface area contributed by atoms with Crippen LogP contribution in [0.25, 0.3) is 16.3 Å². The number of aromatic nitrogens is 1. The molecule has 1 amide bonds. The summed E-state index contributed by atoms with van der Waals surface area (Å²) < 4.78 is 14.2. The zero-order valence-corrected chi connectivity index (χ0v) is 17.3. The van der Waals surface area contributed by atoms with Crippen LogP contribution in [0.3, 0.4) is 0 Å². The molecule has 0 saturated heterocycles. The average molecular weight is 418 g/mol. The molecule has 0 aliphatic carbocycles. The number of carbonyl (C=O) groups is 1. The second-order valence-electron chi connectivity index (χ2n) is 6.61. The van der Waals surface area contributed by atoms with Gasteiger partial charge in [0.2, 0.25) is 0 Å². The van der Waals surface area contributed by atoms with Crippen molar-refractivity contribution < 1.29 is 9.18 Å². The van der Waals surface area contributed by atoms with Crippen LogP contribution in [-0.4, -0.2) is 43.0 Å². The molecular formula is C21H21ClFN3OS. The van der Waals surface area contributed by atoms with Gasteiger partial charge in [-0.2, -0.15) is 0 Å². The van der Waals surface area contributed by atoms with Gasteiger partial charge in [0, 0.05) is 17.6 Å². The predicted octanol–water partition coefficient (Wildman–Crippen LogP) is 5.09. The van der Waals surface area contributed by atoms with Gasteiger partial charge < -0.3 is 4.90 Å². The number of hydrogen-bond acceptors (Lipinski definition) is 4. The number of nitrogens with zero attached hydrogens (tertiary/aromatic N) is 3. The van der Waals surface area contributed by atoms with Gasteiger partial charge in [0.25, 0.3) is 5.91 Å². The Morgan fingerprint density at radius 1 is 1.21 bits per heavy atom. The molecule has 0 saturated carbocycles. The minimum Gasteiger partial charge on any atom is -0.309 e. The summed E-state index contributed by atoms with van der Waals surface area (Å²) in [6.45, 7) is 1.36. The standard InChI is InChI=1S/C21H21ClFN3OS/c1-25(2)12-5-13-26(20(27)11-8-15-6-3-4-7-17(15)22)21-24-18-10-9-16(23)14-19(18)28-21/h3-4,6-11,14H,5,12-13H2,1-2H3/b11-8+. The van der Waals surface area contributed by atoms with E-state index in [1.807, 2.05) is 32.3 Å². The first kappa shape index (κ1) is 20.5. The smallest absolute Gasteiger partial charge is 0.252 e. The Morgan fingerprint density at radius 3 is 2.75 bits per heavy atom. The summed E-state index contributed by atoms with van der Waals surface area (Å²) in [4.78, 5) is 21.2. The van der Waals surface area contributed by atoms with E-state index in [4.69, 9.17) is 11.6 Å². The quantitative estimate of drug-likeness (QED) is 0.502. The second kappa shape index (κ2) is 9.28. The summed E-state index contributed by atoms with van der Waals surface area (Å²) in [6, 6.07) is 11.8. The van der Waals surface area contributed by atoms with Crippen molar-refractivity contribution >= 4 is 50.3 Å². The molecule has 0 spiro atoms. The van der Waals surface area contributed by atoms with Gasteiger partial charge in [-0.05, 0) is 63.0 Å². The second-order valence-corrected chi connectivity index (χ2v) is 8.03. The van der Waals surface area contributed by atoms with Gasteiger partial charge in [-0.3, -0.25) is 9.69 Å². The average Bonchev–Trinajstić information content (AvgIpc) is 3.06. The Hall–Kier alpha value is -2.28. The molecule has 7 heteroatoms. The lowest BCUT2D eigenvalue weighted by Gasteiger charge is -2.19. The van der Waals surface area contributed by atoms with Crippen LogP contribution >= 0.6 is 22.9 Å². The molecule has 0 atom stereocenters. The first-order valence-corrected chi connectivity index (χ1v) is 10.1. The topological polar surface area (TPSA) is 36.4 Å². The van der Waals surface area contributed by atoms with Gasteiger partial charge in [-0.1, -0.05) is 41.1 Å². The third kappa shape index (κ3) is 5.16. The molecule has 0 radical (unpaired) electrons. The molecule has 0 bridgehead atoms. The minimum absolute atomic E-state index is 0.182. The van der Waals surface area contributed by atoms with Gasteiger partial charge in [-0.25, -0.2) is 9.37 Å². The lowest BCUT2D eigenvalue weighted by molar-refractivity contribution is -0.114. The van der Waals surface area contributed by atoms with Crippen molar-refractivity contribution in [3.05, 3.63) is 64.9 Å². The van der Waals surface area contributed by atoms with Crippen molar-refractivity contribution in [3.63, 3.8) is 0 Å². The molecule has 2 aromatic carbocycles. The fraction of sp³-hybridized carbons (Fsp3) is 0.238. The molecule has 0 unspecified atom stereocenters.